The zero-order chi connectivity index (χ0) is 11.9. The molecule has 94 valence electrons. The number of nitrogens with zero attached hydrogens (tertiary/aromatic N) is 1. The minimum Gasteiger partial charge on any atom is -0.248 e. The van der Waals surface area contributed by atoms with Gasteiger partial charge in [-0.3, -0.25) is 0 Å². The minimum absolute atomic E-state index is 0.485. The topological polar surface area (TPSA) is 15.3 Å². The molecule has 0 bridgehead atoms. The third-order valence-electron chi connectivity index (χ3n) is 3.47. The van der Waals surface area contributed by atoms with Crippen LogP contribution in [0.15, 0.2) is 30.3 Å². The Morgan fingerprint density at radius 3 is 2.47 bits per heavy atom. The van der Waals surface area contributed by atoms with E-state index in [0.29, 0.717) is 6.04 Å². The van der Waals surface area contributed by atoms with Gasteiger partial charge < -0.3 is 0 Å². The summed E-state index contributed by atoms with van der Waals surface area (Å²) in [4.78, 5) is 0. The highest BCUT2D eigenvalue weighted by molar-refractivity contribution is 5.18. The van der Waals surface area contributed by atoms with Crippen molar-refractivity contribution in [3.05, 3.63) is 35.9 Å². The monoisotopic (exact) mass is 232 g/mol. The van der Waals surface area contributed by atoms with Crippen molar-refractivity contribution in [2.24, 2.45) is 0 Å². The highest BCUT2D eigenvalue weighted by atomic mass is 15.5. The predicted molar refractivity (Wildman–Crippen MR) is 72.7 cm³/mol. The van der Waals surface area contributed by atoms with Crippen molar-refractivity contribution in [3.63, 3.8) is 0 Å². The first kappa shape index (κ1) is 12.6. The maximum absolute atomic E-state index is 3.71. The molecule has 0 saturated carbocycles. The van der Waals surface area contributed by atoms with E-state index in [1.165, 1.54) is 50.8 Å². The molecular formula is C15H24N2. The highest BCUT2D eigenvalue weighted by Crippen LogP contribution is 2.19. The van der Waals surface area contributed by atoms with Crippen LogP contribution in [0, 0.1) is 0 Å². The Labute approximate surface area is 105 Å². The zero-order valence-corrected chi connectivity index (χ0v) is 10.9. The number of benzene rings is 1. The molecule has 0 aromatic heterocycles. The molecule has 1 N–H and O–H groups in total. The largest absolute Gasteiger partial charge is 0.248 e. The first-order valence-electron chi connectivity index (χ1n) is 6.96. The van der Waals surface area contributed by atoms with Crippen LogP contribution in [0.4, 0.5) is 0 Å². The second-order valence-corrected chi connectivity index (χ2v) is 4.93. The molecule has 0 amide bonds. The fourth-order valence-electron chi connectivity index (χ4n) is 2.52. The Hall–Kier alpha value is -0.860. The first-order chi connectivity index (χ1) is 8.40. The van der Waals surface area contributed by atoms with Gasteiger partial charge >= 0.3 is 0 Å². The van der Waals surface area contributed by atoms with E-state index in [-0.39, 0.29) is 0 Å². The second kappa shape index (κ2) is 6.77. The van der Waals surface area contributed by atoms with Crippen LogP contribution in [0.5, 0.6) is 0 Å². The molecule has 1 fully saturated rings. The molecule has 1 heterocycles. The van der Waals surface area contributed by atoms with Gasteiger partial charge in [0.2, 0.25) is 0 Å². The maximum atomic E-state index is 3.71. The molecule has 1 aromatic rings. The Balaban J connectivity index is 1.96. The van der Waals surface area contributed by atoms with Gasteiger partial charge in [-0.2, -0.15) is 0 Å². The van der Waals surface area contributed by atoms with Crippen LogP contribution in [0.3, 0.4) is 0 Å². The van der Waals surface area contributed by atoms with Crippen LogP contribution in [-0.2, 0) is 0 Å². The fraction of sp³-hybridized carbons (Fsp3) is 0.600. The lowest BCUT2D eigenvalue weighted by Crippen LogP contribution is -2.43. The van der Waals surface area contributed by atoms with E-state index in [9.17, 15) is 0 Å². The normalized spacial score (nSPS) is 19.1. The Morgan fingerprint density at radius 1 is 1.12 bits per heavy atom. The van der Waals surface area contributed by atoms with Crippen LogP contribution >= 0.6 is 0 Å². The van der Waals surface area contributed by atoms with Crippen molar-refractivity contribution in [1.82, 2.24) is 10.4 Å². The summed E-state index contributed by atoms with van der Waals surface area (Å²) in [6.45, 7) is 4.66. The Kier molecular flexibility index (Phi) is 5.02. The molecule has 1 saturated heterocycles. The summed E-state index contributed by atoms with van der Waals surface area (Å²) >= 11 is 0. The van der Waals surface area contributed by atoms with E-state index < -0.39 is 0 Å². The molecule has 1 aromatic carbocycles. The van der Waals surface area contributed by atoms with Gasteiger partial charge in [0.1, 0.15) is 0 Å². The number of hydrazine groups is 1. The van der Waals surface area contributed by atoms with E-state index in [4.69, 9.17) is 0 Å². The van der Waals surface area contributed by atoms with Crippen LogP contribution < -0.4 is 5.43 Å². The maximum Gasteiger partial charge on any atom is 0.0464 e. The summed E-state index contributed by atoms with van der Waals surface area (Å²) in [5.41, 5.74) is 5.12. The summed E-state index contributed by atoms with van der Waals surface area (Å²) in [5.74, 6) is 0. The Bertz CT molecular complexity index is 304. The molecule has 2 heteroatoms. The SMILES string of the molecule is CCCC(NN1CCCCC1)c1ccccc1. The zero-order valence-electron chi connectivity index (χ0n) is 10.9. The summed E-state index contributed by atoms with van der Waals surface area (Å²) in [7, 11) is 0. The van der Waals surface area contributed by atoms with Gasteiger partial charge in [-0.25, -0.2) is 10.4 Å². The molecule has 1 aliphatic rings. The molecule has 0 aliphatic carbocycles. The van der Waals surface area contributed by atoms with Gasteiger partial charge in [0.05, 0.1) is 0 Å². The number of rotatable bonds is 5. The van der Waals surface area contributed by atoms with E-state index in [2.05, 4.69) is 47.7 Å². The van der Waals surface area contributed by atoms with Crippen molar-refractivity contribution in [3.8, 4) is 0 Å². The van der Waals surface area contributed by atoms with Gasteiger partial charge in [-0.1, -0.05) is 50.1 Å². The summed E-state index contributed by atoms with van der Waals surface area (Å²) in [5, 5.41) is 2.41. The van der Waals surface area contributed by atoms with Crippen LogP contribution in [0.25, 0.3) is 0 Å². The molecule has 2 rings (SSSR count). The molecule has 0 spiro atoms. The predicted octanol–water partition coefficient (Wildman–Crippen LogP) is 3.52. The van der Waals surface area contributed by atoms with Gasteiger partial charge in [0.15, 0.2) is 0 Å². The molecule has 1 unspecified atom stereocenters. The lowest BCUT2D eigenvalue weighted by atomic mass is 10.0. The summed E-state index contributed by atoms with van der Waals surface area (Å²) < 4.78 is 0. The van der Waals surface area contributed by atoms with Crippen LogP contribution in [-0.4, -0.2) is 18.1 Å². The lowest BCUT2D eigenvalue weighted by Gasteiger charge is -2.32. The smallest absolute Gasteiger partial charge is 0.0464 e. The molecule has 0 radical (unpaired) electrons. The highest BCUT2D eigenvalue weighted by Gasteiger charge is 2.16. The third-order valence-corrected chi connectivity index (χ3v) is 3.47. The first-order valence-corrected chi connectivity index (χ1v) is 6.96. The van der Waals surface area contributed by atoms with E-state index in [1.807, 2.05) is 0 Å². The van der Waals surface area contributed by atoms with E-state index in [0.717, 1.165) is 0 Å². The summed E-state index contributed by atoms with van der Waals surface area (Å²) in [6, 6.07) is 11.3. The number of hydrogen-bond acceptors (Lipinski definition) is 2. The van der Waals surface area contributed by atoms with Crippen molar-refractivity contribution in [2.45, 2.75) is 45.1 Å². The van der Waals surface area contributed by atoms with Crippen molar-refractivity contribution in [2.75, 3.05) is 13.1 Å². The molecule has 17 heavy (non-hydrogen) atoms. The van der Waals surface area contributed by atoms with Gasteiger partial charge in [0.25, 0.3) is 0 Å². The van der Waals surface area contributed by atoms with Crippen molar-refractivity contribution >= 4 is 0 Å². The van der Waals surface area contributed by atoms with E-state index >= 15 is 0 Å². The van der Waals surface area contributed by atoms with Crippen molar-refractivity contribution < 1.29 is 0 Å². The number of nitrogens with one attached hydrogen (secondary N) is 1. The standard InChI is InChI=1S/C15H24N2/c1-2-9-15(14-10-5-3-6-11-14)16-17-12-7-4-8-13-17/h3,5-6,10-11,15-16H,2,4,7-9,12-13H2,1H3. The van der Waals surface area contributed by atoms with E-state index in [1.54, 1.807) is 0 Å². The molecule has 1 atom stereocenters. The molecule has 2 nitrogen and oxygen atoms in total. The second-order valence-electron chi connectivity index (χ2n) is 4.93. The third kappa shape index (κ3) is 3.83. The number of hydrogen-bond donors (Lipinski definition) is 1. The van der Waals surface area contributed by atoms with Crippen LogP contribution in [0.1, 0.15) is 50.6 Å². The molecule has 1 aliphatic heterocycles. The van der Waals surface area contributed by atoms with Gasteiger partial charge in [-0.05, 0) is 24.8 Å². The summed E-state index contributed by atoms with van der Waals surface area (Å²) in [6.07, 6.45) is 6.49. The molecular weight excluding hydrogens is 208 g/mol. The van der Waals surface area contributed by atoms with Gasteiger partial charge in [-0.15, -0.1) is 0 Å². The fourth-order valence-corrected chi connectivity index (χ4v) is 2.52. The van der Waals surface area contributed by atoms with Crippen LogP contribution in [0.2, 0.25) is 0 Å². The average molecular weight is 232 g/mol. The lowest BCUT2D eigenvalue weighted by molar-refractivity contribution is 0.125. The van der Waals surface area contributed by atoms with Gasteiger partial charge in [0, 0.05) is 19.1 Å². The number of piperidine rings is 1. The quantitative estimate of drug-likeness (QED) is 0.835. The minimum atomic E-state index is 0.485. The van der Waals surface area contributed by atoms with Crippen molar-refractivity contribution in [1.29, 1.82) is 0 Å². The average Bonchev–Trinajstić information content (AvgIpc) is 2.40. The Morgan fingerprint density at radius 2 is 1.82 bits per heavy atom.